The van der Waals surface area contributed by atoms with Crippen LogP contribution in [0.4, 0.5) is 17.1 Å². The quantitative estimate of drug-likeness (QED) is 0.133. The van der Waals surface area contributed by atoms with Crippen molar-refractivity contribution >= 4 is 27.8 Å². The van der Waals surface area contributed by atoms with Crippen molar-refractivity contribution in [3.8, 4) is 77.9 Å². The number of benzene rings is 11. The summed E-state index contributed by atoms with van der Waals surface area (Å²) in [6, 6.07) is 70.0. The molecule has 0 radical (unpaired) electrons. The maximum atomic E-state index is 9.72. The number of hydrogen-bond acceptors (Lipinski definition) is 1. The molecule has 0 atom stereocenters. The third-order valence-corrected chi connectivity index (χ3v) is 11.8. The van der Waals surface area contributed by atoms with E-state index in [1.165, 1.54) is 4.90 Å². The van der Waals surface area contributed by atoms with Crippen LogP contribution in [0.3, 0.4) is 0 Å². The summed E-state index contributed by atoms with van der Waals surface area (Å²) < 4.78 is 76.8. The van der Waals surface area contributed by atoms with E-state index < -0.39 is 24.2 Å². The molecule has 0 aromatic heterocycles. The molecule has 1 heteroatoms. The standard InChI is InChI=1S/C64H45N/c1-4-13-46(14-5-1)50-23-25-51(26-24-50)52-29-35-62(36-30-52)65(63-37-31-53(32-38-63)56-21-12-22-57(41-56)58-28-27-49-19-10-11-20-55(49)42-58)64-39-33-54(34-40-64)61-44-59(47-15-6-2-7-16-47)43-60(45-61)48-17-8-3-9-18-48/h1-45H/i29D,30D,31D,32D,35D,36D,37D,38D. The van der Waals surface area contributed by atoms with Crippen molar-refractivity contribution in [2.24, 2.45) is 0 Å². The minimum atomic E-state index is -0.406. The van der Waals surface area contributed by atoms with Gasteiger partial charge in [-0.2, -0.15) is 0 Å². The second-order valence-electron chi connectivity index (χ2n) is 15.9. The lowest BCUT2D eigenvalue weighted by molar-refractivity contribution is 1.28. The van der Waals surface area contributed by atoms with Crippen molar-refractivity contribution < 1.29 is 11.0 Å². The highest BCUT2D eigenvalue weighted by Gasteiger charge is 2.15. The Balaban J connectivity index is 1.07. The van der Waals surface area contributed by atoms with E-state index in [1.54, 1.807) is 30.3 Å². The molecular weight excluding hydrogens is 783 g/mol. The minimum Gasteiger partial charge on any atom is -0.311 e. The second kappa shape index (κ2) is 17.7. The summed E-state index contributed by atoms with van der Waals surface area (Å²) >= 11 is 0. The van der Waals surface area contributed by atoms with Crippen LogP contribution in [0.25, 0.3) is 88.7 Å². The molecule has 0 amide bonds. The van der Waals surface area contributed by atoms with E-state index in [-0.39, 0.29) is 46.7 Å². The van der Waals surface area contributed by atoms with Crippen LogP contribution in [0.15, 0.2) is 273 Å². The Hall–Kier alpha value is -8.52. The van der Waals surface area contributed by atoms with E-state index in [0.717, 1.165) is 66.4 Å². The van der Waals surface area contributed by atoms with Gasteiger partial charge in [-0.15, -0.1) is 0 Å². The first-order valence-corrected chi connectivity index (χ1v) is 21.7. The van der Waals surface area contributed by atoms with Gasteiger partial charge in [-0.3, -0.25) is 0 Å². The summed E-state index contributed by atoms with van der Waals surface area (Å²) in [6.07, 6.45) is 0. The average Bonchev–Trinajstić information content (AvgIpc) is 3.44. The van der Waals surface area contributed by atoms with Crippen LogP contribution in [0.1, 0.15) is 11.0 Å². The molecule has 0 N–H and O–H groups in total. The van der Waals surface area contributed by atoms with Gasteiger partial charge in [0.15, 0.2) is 0 Å². The largest absolute Gasteiger partial charge is 0.311 e. The Labute approximate surface area is 393 Å². The van der Waals surface area contributed by atoms with Crippen LogP contribution in [0.5, 0.6) is 0 Å². The molecular formula is C64H45N. The topological polar surface area (TPSA) is 3.24 Å². The summed E-state index contributed by atoms with van der Waals surface area (Å²) in [5, 5.41) is 2.16. The van der Waals surface area contributed by atoms with Crippen LogP contribution in [-0.4, -0.2) is 0 Å². The fraction of sp³-hybridized carbons (Fsp3) is 0. The molecule has 0 saturated heterocycles. The zero-order valence-corrected chi connectivity index (χ0v) is 35.3. The van der Waals surface area contributed by atoms with Gasteiger partial charge in [-0.1, -0.05) is 206 Å². The fourth-order valence-electron chi connectivity index (χ4n) is 8.37. The first-order valence-electron chi connectivity index (χ1n) is 25.7. The molecule has 0 heterocycles. The molecule has 1 nitrogen and oxygen atoms in total. The molecule has 0 aliphatic rings. The summed E-state index contributed by atoms with van der Waals surface area (Å²) in [7, 11) is 0. The fourth-order valence-corrected chi connectivity index (χ4v) is 8.37. The summed E-state index contributed by atoms with van der Waals surface area (Å²) in [6.45, 7) is 0. The van der Waals surface area contributed by atoms with Crippen molar-refractivity contribution in [1.29, 1.82) is 0 Å². The van der Waals surface area contributed by atoms with Crippen LogP contribution in [-0.2, 0) is 0 Å². The molecule has 0 saturated carbocycles. The van der Waals surface area contributed by atoms with Crippen molar-refractivity contribution in [2.45, 2.75) is 0 Å². The molecule has 306 valence electrons. The SMILES string of the molecule is [2H]c1c([2H])c(N(c2ccc(-c3cc(-c4ccccc4)cc(-c4ccccc4)c3)cc2)c2c([2H])c([2H])c(-c3cccc(-c4ccc5ccccc5c4)c3)c([2H])c2[2H])c([2H])c([2H])c1-c1ccc(-c2ccccc2)cc1. The molecule has 0 aliphatic carbocycles. The van der Waals surface area contributed by atoms with Crippen molar-refractivity contribution in [2.75, 3.05) is 4.90 Å². The lowest BCUT2D eigenvalue weighted by atomic mass is 9.93. The van der Waals surface area contributed by atoms with Gasteiger partial charge in [-0.25, -0.2) is 0 Å². The van der Waals surface area contributed by atoms with Gasteiger partial charge in [0.05, 0.1) is 11.0 Å². The molecule has 0 fully saturated rings. The Morgan fingerprint density at radius 3 is 1.05 bits per heavy atom. The van der Waals surface area contributed by atoms with Gasteiger partial charge in [0.2, 0.25) is 0 Å². The van der Waals surface area contributed by atoms with Crippen LogP contribution >= 0.6 is 0 Å². The Morgan fingerprint density at radius 1 is 0.200 bits per heavy atom. The summed E-state index contributed by atoms with van der Waals surface area (Å²) in [5.74, 6) is 0. The molecule has 0 unspecified atom stereocenters. The molecule has 0 bridgehead atoms. The zero-order valence-electron chi connectivity index (χ0n) is 43.3. The second-order valence-corrected chi connectivity index (χ2v) is 15.9. The van der Waals surface area contributed by atoms with Crippen molar-refractivity contribution in [1.82, 2.24) is 0 Å². The van der Waals surface area contributed by atoms with Crippen molar-refractivity contribution in [3.05, 3.63) is 273 Å². The maximum Gasteiger partial charge on any atom is 0.0645 e. The van der Waals surface area contributed by atoms with E-state index in [1.807, 2.05) is 146 Å². The number of fused-ring (bicyclic) bond motifs is 1. The molecule has 65 heavy (non-hydrogen) atoms. The van der Waals surface area contributed by atoms with Gasteiger partial charge in [0.1, 0.15) is 0 Å². The third-order valence-electron chi connectivity index (χ3n) is 11.8. The average molecular weight is 836 g/mol. The van der Waals surface area contributed by atoms with Gasteiger partial charge in [0, 0.05) is 17.1 Å². The van der Waals surface area contributed by atoms with Crippen LogP contribution in [0, 0.1) is 0 Å². The molecule has 0 aliphatic heterocycles. The van der Waals surface area contributed by atoms with Gasteiger partial charge < -0.3 is 4.90 Å². The maximum absolute atomic E-state index is 9.72. The van der Waals surface area contributed by atoms with E-state index in [9.17, 15) is 11.0 Å². The molecule has 11 rings (SSSR count). The predicted octanol–water partition coefficient (Wildman–Crippen LogP) is 18.0. The van der Waals surface area contributed by atoms with E-state index in [4.69, 9.17) is 0 Å². The normalized spacial score (nSPS) is 12.8. The highest BCUT2D eigenvalue weighted by molar-refractivity contribution is 5.89. The predicted molar refractivity (Wildman–Crippen MR) is 277 cm³/mol. The number of hydrogen-bond donors (Lipinski definition) is 0. The molecule has 11 aromatic carbocycles. The Morgan fingerprint density at radius 2 is 0.523 bits per heavy atom. The van der Waals surface area contributed by atoms with Crippen LogP contribution in [0.2, 0.25) is 0 Å². The summed E-state index contributed by atoms with van der Waals surface area (Å²) in [5.41, 5.74) is 10.7. The zero-order chi connectivity index (χ0) is 50.3. The van der Waals surface area contributed by atoms with Gasteiger partial charge in [0.25, 0.3) is 0 Å². The lowest BCUT2D eigenvalue weighted by Crippen LogP contribution is -2.09. The van der Waals surface area contributed by atoms with Gasteiger partial charge >= 0.3 is 0 Å². The van der Waals surface area contributed by atoms with Crippen molar-refractivity contribution in [3.63, 3.8) is 0 Å². The number of nitrogens with zero attached hydrogens (tertiary/aromatic N) is 1. The Bertz CT molecular complexity index is 3750. The lowest BCUT2D eigenvalue weighted by Gasteiger charge is -2.26. The minimum absolute atomic E-state index is 0.0954. The highest BCUT2D eigenvalue weighted by atomic mass is 15.1. The number of anilines is 3. The number of rotatable bonds is 10. The first kappa shape index (κ1) is 31.3. The highest BCUT2D eigenvalue weighted by Crippen LogP contribution is 2.40. The van der Waals surface area contributed by atoms with Crippen LogP contribution < -0.4 is 4.90 Å². The first-order chi connectivity index (χ1) is 35.5. The van der Waals surface area contributed by atoms with Gasteiger partial charge in [-0.05, 0) is 155 Å². The monoisotopic (exact) mass is 835 g/mol. The van der Waals surface area contributed by atoms with E-state index in [0.29, 0.717) is 16.8 Å². The molecule has 0 spiro atoms. The van der Waals surface area contributed by atoms with E-state index in [2.05, 4.69) is 48.5 Å². The molecule has 11 aromatic rings. The Kier molecular flexibility index (Phi) is 8.53. The third kappa shape index (κ3) is 8.40. The summed E-state index contributed by atoms with van der Waals surface area (Å²) in [4.78, 5) is 1.36. The smallest absolute Gasteiger partial charge is 0.0645 e. The van der Waals surface area contributed by atoms with E-state index >= 15 is 0 Å².